The number of benzene rings is 2. The van der Waals surface area contributed by atoms with Crippen LogP contribution in [0.4, 0.5) is 32.5 Å². The zero-order valence-electron chi connectivity index (χ0n) is 19.3. The third kappa shape index (κ3) is 4.84. The van der Waals surface area contributed by atoms with Crippen molar-refractivity contribution in [3.8, 4) is 0 Å². The molecule has 2 amide bonds. The van der Waals surface area contributed by atoms with Crippen LogP contribution < -0.4 is 14.7 Å². The molecule has 9 nitrogen and oxygen atoms in total. The van der Waals surface area contributed by atoms with E-state index >= 15 is 0 Å². The average Bonchev–Trinajstić information content (AvgIpc) is 2.92. The van der Waals surface area contributed by atoms with Gasteiger partial charge in [0, 0.05) is 39.3 Å². The first kappa shape index (κ1) is 22.5. The molecule has 3 aromatic rings. The highest BCUT2D eigenvalue weighted by molar-refractivity contribution is 5.93. The quantitative estimate of drug-likeness (QED) is 0.608. The molecule has 5 rings (SSSR count). The van der Waals surface area contributed by atoms with Crippen molar-refractivity contribution in [3.63, 3.8) is 0 Å². The van der Waals surface area contributed by atoms with Crippen LogP contribution in [-0.2, 0) is 11.3 Å². The van der Waals surface area contributed by atoms with E-state index in [2.05, 4.69) is 9.88 Å². The zero-order valence-corrected chi connectivity index (χ0v) is 19.3. The molecule has 1 saturated heterocycles. The number of piperazine rings is 1. The largest absolute Gasteiger partial charge is 0.465 e. The van der Waals surface area contributed by atoms with Crippen LogP contribution in [0.25, 0.3) is 0 Å². The fourth-order valence-electron chi connectivity index (χ4n) is 4.48. The highest BCUT2D eigenvalue weighted by Gasteiger charge is 2.28. The Hall–Kier alpha value is -4.27. The minimum absolute atomic E-state index is 0.273. The molecule has 3 heterocycles. The number of carbonyl (C=O) groups excluding carboxylic acids is 1. The molecule has 0 bridgehead atoms. The molecule has 0 aliphatic carbocycles. The second-order valence-corrected chi connectivity index (χ2v) is 8.46. The zero-order chi connectivity index (χ0) is 24.2. The molecule has 180 valence electrons. The summed E-state index contributed by atoms with van der Waals surface area (Å²) in [5.74, 6) is 0.773. The van der Waals surface area contributed by atoms with Crippen molar-refractivity contribution in [2.75, 3.05) is 54.0 Å². The molecule has 9 heteroatoms. The van der Waals surface area contributed by atoms with Crippen molar-refractivity contribution >= 4 is 35.1 Å². The lowest BCUT2D eigenvalue weighted by molar-refractivity contribution is 0.0942. The van der Waals surface area contributed by atoms with Gasteiger partial charge in [-0.05, 0) is 29.8 Å². The number of aromatic nitrogens is 1. The highest BCUT2D eigenvalue weighted by atomic mass is 16.6. The normalized spacial score (nSPS) is 15.5. The van der Waals surface area contributed by atoms with E-state index in [9.17, 15) is 14.7 Å². The second-order valence-electron chi connectivity index (χ2n) is 8.46. The Balaban J connectivity index is 1.19. The number of rotatable bonds is 4. The van der Waals surface area contributed by atoms with Crippen molar-refractivity contribution < 1.29 is 19.4 Å². The topological polar surface area (TPSA) is 89.5 Å². The summed E-state index contributed by atoms with van der Waals surface area (Å²) < 4.78 is 5.45. The smallest absolute Gasteiger partial charge is 0.411 e. The summed E-state index contributed by atoms with van der Waals surface area (Å²) in [5, 5.41) is 9.51. The molecule has 1 fully saturated rings. The number of ether oxygens (including phenoxy) is 1. The fourth-order valence-corrected chi connectivity index (χ4v) is 4.48. The summed E-state index contributed by atoms with van der Waals surface area (Å²) >= 11 is 0. The number of amides is 2. The Kier molecular flexibility index (Phi) is 6.38. The summed E-state index contributed by atoms with van der Waals surface area (Å²) in [7, 11) is 0. The lowest BCUT2D eigenvalue weighted by Gasteiger charge is -2.37. The van der Waals surface area contributed by atoms with Crippen molar-refractivity contribution in [1.29, 1.82) is 0 Å². The Labute approximate surface area is 203 Å². The van der Waals surface area contributed by atoms with Crippen LogP contribution in [0.1, 0.15) is 5.56 Å². The van der Waals surface area contributed by atoms with Gasteiger partial charge in [-0.2, -0.15) is 0 Å². The molecule has 2 aromatic carbocycles. The number of carboxylic acid groups (broad SMARTS) is 1. The van der Waals surface area contributed by atoms with Crippen molar-refractivity contribution in [2.24, 2.45) is 0 Å². The van der Waals surface area contributed by atoms with E-state index in [1.165, 1.54) is 4.90 Å². The van der Waals surface area contributed by atoms with Crippen LogP contribution in [-0.4, -0.2) is 66.4 Å². The third-order valence-corrected chi connectivity index (χ3v) is 6.36. The van der Waals surface area contributed by atoms with Crippen LogP contribution >= 0.6 is 0 Å². The molecule has 0 spiro atoms. The molecule has 1 aromatic heterocycles. The number of nitrogens with zero attached hydrogens (tertiary/aromatic N) is 5. The van der Waals surface area contributed by atoms with Crippen LogP contribution in [0.15, 0.2) is 72.9 Å². The van der Waals surface area contributed by atoms with Gasteiger partial charge >= 0.3 is 12.2 Å². The number of hydrogen-bond donors (Lipinski definition) is 1. The SMILES string of the molecule is O=C(OCc1ccccc1)N1CCN(c2ccc(N3CCN(C(=O)O)c4ccccc43)nc2)CC1. The predicted molar refractivity (Wildman–Crippen MR) is 133 cm³/mol. The van der Waals surface area contributed by atoms with Gasteiger partial charge in [-0.15, -0.1) is 0 Å². The van der Waals surface area contributed by atoms with Crippen molar-refractivity contribution in [1.82, 2.24) is 9.88 Å². The summed E-state index contributed by atoms with van der Waals surface area (Å²) in [5.41, 5.74) is 3.44. The lowest BCUT2D eigenvalue weighted by Crippen LogP contribution is -2.49. The maximum atomic E-state index is 12.4. The molecular formula is C26H27N5O4. The third-order valence-electron chi connectivity index (χ3n) is 6.36. The maximum absolute atomic E-state index is 12.4. The number of para-hydroxylation sites is 2. The fraction of sp³-hybridized carbons (Fsp3) is 0.269. The van der Waals surface area contributed by atoms with Gasteiger partial charge in [0.05, 0.1) is 23.3 Å². The van der Waals surface area contributed by atoms with Crippen molar-refractivity contribution in [2.45, 2.75) is 6.61 Å². The molecule has 0 atom stereocenters. The first-order valence-corrected chi connectivity index (χ1v) is 11.6. The number of pyridine rings is 1. The Morgan fingerprint density at radius 1 is 0.829 bits per heavy atom. The van der Waals surface area contributed by atoms with Crippen LogP contribution in [0.3, 0.4) is 0 Å². The number of fused-ring (bicyclic) bond motifs is 1. The van der Waals surface area contributed by atoms with Gasteiger partial charge < -0.3 is 24.5 Å². The van der Waals surface area contributed by atoms with E-state index in [0.29, 0.717) is 45.0 Å². The summed E-state index contributed by atoms with van der Waals surface area (Å²) in [6.07, 6.45) is 0.592. The van der Waals surface area contributed by atoms with E-state index in [1.54, 1.807) is 4.90 Å². The van der Waals surface area contributed by atoms with E-state index in [1.807, 2.05) is 77.8 Å². The molecule has 35 heavy (non-hydrogen) atoms. The Morgan fingerprint density at radius 3 is 2.23 bits per heavy atom. The first-order valence-electron chi connectivity index (χ1n) is 11.6. The monoisotopic (exact) mass is 473 g/mol. The van der Waals surface area contributed by atoms with Gasteiger partial charge in [0.25, 0.3) is 0 Å². The average molecular weight is 474 g/mol. The number of anilines is 4. The van der Waals surface area contributed by atoms with Crippen LogP contribution in [0.2, 0.25) is 0 Å². The standard InChI is InChI=1S/C26H27N5O4/c32-25(33)31-17-16-30(22-8-4-5-9-23(22)31)24-11-10-21(18-27-24)28-12-14-29(15-13-28)26(34)35-19-20-6-2-1-3-7-20/h1-11,18H,12-17,19H2,(H,32,33). The Bertz CT molecular complexity index is 1180. The minimum Gasteiger partial charge on any atom is -0.465 e. The Morgan fingerprint density at radius 2 is 1.54 bits per heavy atom. The number of hydrogen-bond acceptors (Lipinski definition) is 6. The molecule has 0 radical (unpaired) electrons. The van der Waals surface area contributed by atoms with Crippen LogP contribution in [0.5, 0.6) is 0 Å². The maximum Gasteiger partial charge on any atom is 0.411 e. The van der Waals surface area contributed by atoms with Gasteiger partial charge in [0.2, 0.25) is 0 Å². The van der Waals surface area contributed by atoms with E-state index in [4.69, 9.17) is 4.74 Å². The second kappa shape index (κ2) is 9.92. The molecule has 2 aliphatic rings. The molecule has 1 N–H and O–H groups in total. The summed E-state index contributed by atoms with van der Waals surface area (Å²) in [6.45, 7) is 3.73. The van der Waals surface area contributed by atoms with E-state index in [0.717, 1.165) is 22.8 Å². The van der Waals surface area contributed by atoms with Gasteiger partial charge in [-0.3, -0.25) is 4.90 Å². The molecular weight excluding hydrogens is 446 g/mol. The van der Waals surface area contributed by atoms with Gasteiger partial charge in [-0.1, -0.05) is 42.5 Å². The summed E-state index contributed by atoms with van der Waals surface area (Å²) in [4.78, 5) is 36.0. The number of carbonyl (C=O) groups is 2. The predicted octanol–water partition coefficient (Wildman–Crippen LogP) is 4.18. The van der Waals surface area contributed by atoms with E-state index in [-0.39, 0.29) is 12.7 Å². The molecule has 0 saturated carbocycles. The van der Waals surface area contributed by atoms with E-state index < -0.39 is 6.09 Å². The van der Waals surface area contributed by atoms with Gasteiger partial charge in [-0.25, -0.2) is 14.6 Å². The molecule has 0 unspecified atom stereocenters. The summed E-state index contributed by atoms with van der Waals surface area (Å²) in [6, 6.07) is 21.1. The molecule has 2 aliphatic heterocycles. The highest BCUT2D eigenvalue weighted by Crippen LogP contribution is 2.37. The minimum atomic E-state index is -0.955. The van der Waals surface area contributed by atoms with Gasteiger partial charge in [0.15, 0.2) is 0 Å². The van der Waals surface area contributed by atoms with Crippen molar-refractivity contribution in [3.05, 3.63) is 78.5 Å². The first-order chi connectivity index (χ1) is 17.1. The lowest BCUT2D eigenvalue weighted by atomic mass is 10.1. The van der Waals surface area contributed by atoms with Gasteiger partial charge in [0.1, 0.15) is 12.4 Å². The van der Waals surface area contributed by atoms with Crippen LogP contribution in [0, 0.1) is 0 Å².